The summed E-state index contributed by atoms with van der Waals surface area (Å²) in [6, 6.07) is 5.61. The number of sulfonamides is 1. The van der Waals surface area contributed by atoms with E-state index in [1.807, 2.05) is 0 Å². The molecule has 0 fully saturated rings. The van der Waals surface area contributed by atoms with Crippen LogP contribution >= 0.6 is 27.5 Å². The summed E-state index contributed by atoms with van der Waals surface area (Å²) >= 11 is 9.28. The molecule has 0 bridgehead atoms. The maximum absolute atomic E-state index is 14.7. The van der Waals surface area contributed by atoms with Gasteiger partial charge in [-0.05, 0) is 42.3 Å². The van der Waals surface area contributed by atoms with Crippen LogP contribution in [-0.4, -0.2) is 25.7 Å². The highest BCUT2D eigenvalue weighted by molar-refractivity contribution is 9.10. The average Bonchev–Trinajstić information content (AvgIpc) is 3.14. The predicted octanol–water partition coefficient (Wildman–Crippen LogP) is 4.06. The molecule has 3 rings (SSSR count). The van der Waals surface area contributed by atoms with Crippen molar-refractivity contribution in [3.05, 3.63) is 73.2 Å². The summed E-state index contributed by atoms with van der Waals surface area (Å²) in [5.74, 6) is -2.45. The van der Waals surface area contributed by atoms with Crippen LogP contribution in [-0.2, 0) is 10.0 Å². The minimum absolute atomic E-state index is 0.0136. The molecule has 1 heterocycles. The van der Waals surface area contributed by atoms with E-state index in [1.54, 1.807) is 19.9 Å². The molecule has 8 nitrogen and oxygen atoms in total. The molecule has 1 aromatic heterocycles. The van der Waals surface area contributed by atoms with E-state index in [1.165, 1.54) is 31.4 Å². The third-order valence-electron chi connectivity index (χ3n) is 4.77. The molecule has 0 aliphatic heterocycles. The second-order valence-corrected chi connectivity index (χ2v) is 9.68. The van der Waals surface area contributed by atoms with Crippen LogP contribution < -0.4 is 15.2 Å². The number of nitrogens with one attached hydrogen (secondary N) is 2. The Morgan fingerprint density at radius 3 is 2.65 bits per heavy atom. The van der Waals surface area contributed by atoms with Gasteiger partial charge >= 0.3 is 5.76 Å². The van der Waals surface area contributed by atoms with Gasteiger partial charge in [0.25, 0.3) is 0 Å². The Morgan fingerprint density at radius 2 is 2.03 bits per heavy atom. The molecule has 0 radical (unpaired) electrons. The molecule has 2 atom stereocenters. The Hall–Kier alpha value is -2.21. The third-order valence-corrected chi connectivity index (χ3v) is 7.34. The average molecular weight is 535 g/mol. The van der Waals surface area contributed by atoms with Gasteiger partial charge in [-0.2, -0.15) is 4.72 Å². The monoisotopic (exact) mass is 533 g/mol. The molecule has 0 saturated heterocycles. The normalized spacial score (nSPS) is 13.7. The van der Waals surface area contributed by atoms with E-state index in [0.29, 0.717) is 10.0 Å². The maximum atomic E-state index is 14.7. The first-order valence-electron chi connectivity index (χ1n) is 8.91. The number of methoxy groups -OCH3 is 1. The molecule has 2 N–H and O–H groups in total. The van der Waals surface area contributed by atoms with E-state index in [9.17, 15) is 17.6 Å². The minimum Gasteiger partial charge on any atom is -0.495 e. The van der Waals surface area contributed by atoms with Crippen molar-refractivity contribution in [1.29, 1.82) is 0 Å². The summed E-state index contributed by atoms with van der Waals surface area (Å²) in [5.41, 5.74) is 0.800. The van der Waals surface area contributed by atoms with E-state index >= 15 is 0 Å². The molecular weight excluding hydrogens is 517 g/mol. The smallest absolute Gasteiger partial charge is 0.434 e. The molecular formula is C19H18BrClFN3O5S. The van der Waals surface area contributed by atoms with Gasteiger partial charge in [0.05, 0.1) is 7.11 Å². The minimum atomic E-state index is -4.23. The van der Waals surface area contributed by atoms with Crippen molar-refractivity contribution in [1.82, 2.24) is 14.9 Å². The number of aromatic nitrogens is 2. The van der Waals surface area contributed by atoms with Crippen LogP contribution in [0.3, 0.4) is 0 Å². The van der Waals surface area contributed by atoms with Gasteiger partial charge in [0, 0.05) is 21.5 Å². The quantitative estimate of drug-likeness (QED) is 0.473. The fourth-order valence-corrected chi connectivity index (χ4v) is 5.16. The number of H-pyrrole nitrogens is 1. The van der Waals surface area contributed by atoms with Gasteiger partial charge < -0.3 is 9.15 Å². The number of aromatic amines is 1. The second kappa shape index (κ2) is 9.11. The third kappa shape index (κ3) is 4.84. The molecule has 0 saturated carbocycles. The van der Waals surface area contributed by atoms with E-state index in [0.717, 1.165) is 0 Å². The molecule has 0 amide bonds. The number of hydrogen-bond acceptors (Lipinski definition) is 6. The van der Waals surface area contributed by atoms with Gasteiger partial charge in [-0.1, -0.05) is 34.5 Å². The number of rotatable bonds is 7. The van der Waals surface area contributed by atoms with Gasteiger partial charge in [0.2, 0.25) is 15.9 Å². The summed E-state index contributed by atoms with van der Waals surface area (Å²) in [5, 5.41) is 6.14. The van der Waals surface area contributed by atoms with Gasteiger partial charge in [0.15, 0.2) is 0 Å². The van der Waals surface area contributed by atoms with E-state index < -0.39 is 33.6 Å². The molecule has 2 aromatic carbocycles. The first kappa shape index (κ1) is 23.5. The number of benzene rings is 2. The van der Waals surface area contributed by atoms with Crippen molar-refractivity contribution < 1.29 is 22.0 Å². The van der Waals surface area contributed by atoms with E-state index in [4.69, 9.17) is 20.8 Å². The Kier molecular flexibility index (Phi) is 6.89. The summed E-state index contributed by atoms with van der Waals surface area (Å²) in [4.78, 5) is 11.3. The summed E-state index contributed by atoms with van der Waals surface area (Å²) < 4.78 is 54.4. The van der Waals surface area contributed by atoms with Crippen molar-refractivity contribution in [2.75, 3.05) is 7.11 Å². The number of nitrogens with zero attached hydrogens (tertiary/aromatic N) is 1. The van der Waals surface area contributed by atoms with Crippen molar-refractivity contribution in [2.24, 2.45) is 0 Å². The largest absolute Gasteiger partial charge is 0.495 e. The lowest BCUT2D eigenvalue weighted by molar-refractivity contribution is 0.374. The molecule has 12 heteroatoms. The molecule has 0 spiro atoms. The van der Waals surface area contributed by atoms with Crippen molar-refractivity contribution in [3.63, 3.8) is 0 Å². The van der Waals surface area contributed by atoms with Gasteiger partial charge in [-0.25, -0.2) is 22.7 Å². The summed E-state index contributed by atoms with van der Waals surface area (Å²) in [6.45, 7) is 3.28. The van der Waals surface area contributed by atoms with Gasteiger partial charge in [-0.3, -0.25) is 0 Å². The van der Waals surface area contributed by atoms with Crippen LogP contribution in [0.25, 0.3) is 0 Å². The first-order valence-corrected chi connectivity index (χ1v) is 11.6. The van der Waals surface area contributed by atoms with Gasteiger partial charge in [0.1, 0.15) is 22.5 Å². The van der Waals surface area contributed by atoms with Crippen molar-refractivity contribution >= 4 is 37.6 Å². The fourth-order valence-electron chi connectivity index (χ4n) is 3.23. The van der Waals surface area contributed by atoms with Crippen LogP contribution in [0.4, 0.5) is 4.39 Å². The van der Waals surface area contributed by atoms with Crippen molar-refractivity contribution in [3.8, 4) is 5.75 Å². The standard InChI is InChI=1S/C19H18BrClFN3O5S/c1-9-12(20)5-6-13(22)16(9)10(2)17(18-23-24-19(26)30-18)25-31(27,28)15-7-4-11(21)8-14(15)29-3/h4-8,10,17,25H,1-3H3,(H,24,26). The zero-order chi connectivity index (χ0) is 22.9. The second-order valence-electron chi connectivity index (χ2n) is 6.70. The van der Waals surface area contributed by atoms with E-state index in [2.05, 4.69) is 30.8 Å². The van der Waals surface area contributed by atoms with Crippen LogP contribution in [0.15, 0.2) is 48.9 Å². The molecule has 0 aliphatic rings. The lowest BCUT2D eigenvalue weighted by Gasteiger charge is -2.25. The Morgan fingerprint density at radius 1 is 1.32 bits per heavy atom. The van der Waals surface area contributed by atoms with Crippen LogP contribution in [0.5, 0.6) is 5.75 Å². The first-order chi connectivity index (χ1) is 14.5. The number of ether oxygens (including phenoxy) is 1. The highest BCUT2D eigenvalue weighted by Crippen LogP contribution is 2.37. The highest BCUT2D eigenvalue weighted by Gasteiger charge is 2.34. The molecule has 31 heavy (non-hydrogen) atoms. The van der Waals surface area contributed by atoms with Crippen LogP contribution in [0.1, 0.15) is 35.9 Å². The Labute approximate surface area is 190 Å². The van der Waals surface area contributed by atoms with Crippen LogP contribution in [0, 0.1) is 12.7 Å². The fraction of sp³-hybridized carbons (Fsp3) is 0.263. The lowest BCUT2D eigenvalue weighted by Crippen LogP contribution is -2.33. The SMILES string of the molecule is COc1cc(Cl)ccc1S(=O)(=O)NC(c1n[nH]c(=O)o1)C(C)c1c(F)ccc(Br)c1C. The van der Waals surface area contributed by atoms with E-state index in [-0.39, 0.29) is 27.1 Å². The summed E-state index contributed by atoms with van der Waals surface area (Å²) in [7, 11) is -2.93. The maximum Gasteiger partial charge on any atom is 0.434 e. The number of halogens is 3. The Balaban J connectivity index is 2.12. The molecule has 0 aliphatic carbocycles. The summed E-state index contributed by atoms with van der Waals surface area (Å²) in [6.07, 6.45) is 0. The van der Waals surface area contributed by atoms with Crippen LogP contribution in [0.2, 0.25) is 5.02 Å². The molecule has 2 unspecified atom stereocenters. The highest BCUT2D eigenvalue weighted by atomic mass is 79.9. The molecule has 3 aromatic rings. The topological polar surface area (TPSA) is 114 Å². The van der Waals surface area contributed by atoms with Crippen molar-refractivity contribution in [2.45, 2.75) is 30.7 Å². The lowest BCUT2D eigenvalue weighted by atomic mass is 9.90. The Bertz CT molecular complexity index is 1280. The zero-order valence-corrected chi connectivity index (χ0v) is 19.7. The van der Waals surface area contributed by atoms with Gasteiger partial charge in [-0.15, -0.1) is 5.10 Å². The molecule has 166 valence electrons. The predicted molar refractivity (Wildman–Crippen MR) is 115 cm³/mol. The zero-order valence-electron chi connectivity index (χ0n) is 16.6. The number of hydrogen-bond donors (Lipinski definition) is 2.